The molecule has 1 aliphatic rings. The highest BCUT2D eigenvalue weighted by Crippen LogP contribution is 2.33. The predicted octanol–water partition coefficient (Wildman–Crippen LogP) is 2.64. The van der Waals surface area contributed by atoms with Crippen LogP contribution in [0.25, 0.3) is 0 Å². The first kappa shape index (κ1) is 10.3. The molecule has 0 saturated carbocycles. The smallest absolute Gasteiger partial charge is 0.311 e. The van der Waals surface area contributed by atoms with Gasteiger partial charge in [-0.1, -0.05) is 13.8 Å². The number of hydrogen-bond acceptors (Lipinski definition) is 1. The molecule has 0 aromatic carbocycles. The number of fused-ring (bicyclic) bond motifs is 1. The van der Waals surface area contributed by atoms with Crippen molar-refractivity contribution in [1.82, 2.24) is 4.98 Å². The van der Waals surface area contributed by atoms with E-state index in [1.807, 2.05) is 6.07 Å². The molecule has 1 aromatic rings. The molecule has 1 heterocycles. The van der Waals surface area contributed by atoms with Crippen LogP contribution in [0.4, 0.5) is 0 Å². The summed E-state index contributed by atoms with van der Waals surface area (Å²) in [7, 11) is 0. The Kier molecular flexibility index (Phi) is 2.55. The summed E-state index contributed by atoms with van der Waals surface area (Å²) in [6, 6.07) is 2.04. The van der Waals surface area contributed by atoms with E-state index in [2.05, 4.69) is 18.8 Å². The Balaban J connectivity index is 2.38. The SMILES string of the molecule is CC(C)c1cc2c([nH]1)CCCC2C(=O)O. The Labute approximate surface area is 89.5 Å². The molecule has 0 radical (unpaired) electrons. The van der Waals surface area contributed by atoms with Gasteiger partial charge in [-0.2, -0.15) is 0 Å². The van der Waals surface area contributed by atoms with Gasteiger partial charge in [-0.25, -0.2) is 0 Å². The molecular formula is C12H17NO2. The van der Waals surface area contributed by atoms with Crippen LogP contribution >= 0.6 is 0 Å². The van der Waals surface area contributed by atoms with Gasteiger partial charge in [-0.15, -0.1) is 0 Å². The molecule has 0 bridgehead atoms. The van der Waals surface area contributed by atoms with Gasteiger partial charge in [-0.3, -0.25) is 4.79 Å². The number of aryl methyl sites for hydroxylation is 1. The zero-order valence-electron chi connectivity index (χ0n) is 9.21. The maximum Gasteiger partial charge on any atom is 0.311 e. The van der Waals surface area contributed by atoms with Crippen molar-refractivity contribution in [3.8, 4) is 0 Å². The lowest BCUT2D eigenvalue weighted by atomic mass is 9.87. The highest BCUT2D eigenvalue weighted by molar-refractivity contribution is 5.77. The summed E-state index contributed by atoms with van der Waals surface area (Å²) in [5.41, 5.74) is 3.31. The van der Waals surface area contributed by atoms with Crippen molar-refractivity contribution in [2.75, 3.05) is 0 Å². The Bertz CT molecular complexity index is 379. The zero-order valence-corrected chi connectivity index (χ0v) is 9.21. The minimum Gasteiger partial charge on any atom is -0.481 e. The minimum absolute atomic E-state index is 0.294. The van der Waals surface area contributed by atoms with Gasteiger partial charge in [0.15, 0.2) is 0 Å². The molecule has 0 fully saturated rings. The first-order chi connectivity index (χ1) is 7.09. The first-order valence-electron chi connectivity index (χ1n) is 5.54. The summed E-state index contributed by atoms with van der Waals surface area (Å²) in [5, 5.41) is 9.12. The lowest BCUT2D eigenvalue weighted by Crippen LogP contribution is -2.16. The van der Waals surface area contributed by atoms with Gasteiger partial charge in [0.05, 0.1) is 5.92 Å². The van der Waals surface area contributed by atoms with Crippen molar-refractivity contribution in [2.45, 2.75) is 44.9 Å². The summed E-state index contributed by atoms with van der Waals surface area (Å²) >= 11 is 0. The van der Waals surface area contributed by atoms with Gasteiger partial charge in [-0.05, 0) is 36.8 Å². The van der Waals surface area contributed by atoms with E-state index in [0.717, 1.165) is 36.2 Å². The van der Waals surface area contributed by atoms with Gasteiger partial charge < -0.3 is 10.1 Å². The standard InChI is InChI=1S/C12H17NO2/c1-7(2)11-6-9-8(12(14)15)4-3-5-10(9)13-11/h6-8,13H,3-5H2,1-2H3,(H,14,15). The van der Waals surface area contributed by atoms with Crippen LogP contribution in [0, 0.1) is 0 Å². The lowest BCUT2D eigenvalue weighted by Gasteiger charge is -2.18. The second kappa shape index (κ2) is 3.72. The molecule has 3 heteroatoms. The Morgan fingerprint density at radius 2 is 2.33 bits per heavy atom. The van der Waals surface area contributed by atoms with Crippen LogP contribution < -0.4 is 0 Å². The van der Waals surface area contributed by atoms with Crippen molar-refractivity contribution < 1.29 is 9.90 Å². The molecule has 0 spiro atoms. The molecule has 2 N–H and O–H groups in total. The Morgan fingerprint density at radius 3 is 2.93 bits per heavy atom. The highest BCUT2D eigenvalue weighted by Gasteiger charge is 2.28. The average Bonchev–Trinajstić information content (AvgIpc) is 2.60. The molecule has 0 amide bonds. The Morgan fingerprint density at radius 1 is 1.60 bits per heavy atom. The monoisotopic (exact) mass is 207 g/mol. The van der Waals surface area contributed by atoms with E-state index in [9.17, 15) is 4.79 Å². The average molecular weight is 207 g/mol. The predicted molar refractivity (Wildman–Crippen MR) is 58.2 cm³/mol. The molecule has 15 heavy (non-hydrogen) atoms. The number of aromatic nitrogens is 1. The second-order valence-electron chi connectivity index (χ2n) is 4.60. The molecular weight excluding hydrogens is 190 g/mol. The van der Waals surface area contributed by atoms with Crippen molar-refractivity contribution in [3.05, 3.63) is 23.0 Å². The molecule has 1 atom stereocenters. The Hall–Kier alpha value is -1.25. The van der Waals surface area contributed by atoms with Crippen LogP contribution in [0.15, 0.2) is 6.07 Å². The van der Waals surface area contributed by atoms with E-state index in [-0.39, 0.29) is 5.92 Å². The molecule has 0 aliphatic heterocycles. The maximum atomic E-state index is 11.1. The maximum absolute atomic E-state index is 11.1. The van der Waals surface area contributed by atoms with Crippen LogP contribution in [0.1, 0.15) is 55.5 Å². The van der Waals surface area contributed by atoms with Gasteiger partial charge in [0, 0.05) is 11.4 Å². The molecule has 1 aromatic heterocycles. The fourth-order valence-corrected chi connectivity index (χ4v) is 2.26. The van der Waals surface area contributed by atoms with Crippen LogP contribution in [-0.4, -0.2) is 16.1 Å². The van der Waals surface area contributed by atoms with E-state index >= 15 is 0 Å². The second-order valence-corrected chi connectivity index (χ2v) is 4.60. The van der Waals surface area contributed by atoms with Crippen molar-refractivity contribution >= 4 is 5.97 Å². The van der Waals surface area contributed by atoms with Crippen LogP contribution in [0.5, 0.6) is 0 Å². The number of H-pyrrole nitrogens is 1. The van der Waals surface area contributed by atoms with E-state index < -0.39 is 5.97 Å². The van der Waals surface area contributed by atoms with E-state index in [4.69, 9.17) is 5.11 Å². The summed E-state index contributed by atoms with van der Waals surface area (Å²) in [4.78, 5) is 14.4. The lowest BCUT2D eigenvalue weighted by molar-refractivity contribution is -0.139. The number of carbonyl (C=O) groups is 1. The van der Waals surface area contributed by atoms with Crippen molar-refractivity contribution in [1.29, 1.82) is 0 Å². The number of carboxylic acid groups (broad SMARTS) is 1. The van der Waals surface area contributed by atoms with Crippen molar-refractivity contribution in [3.63, 3.8) is 0 Å². The first-order valence-corrected chi connectivity index (χ1v) is 5.54. The van der Waals surface area contributed by atoms with E-state index in [1.54, 1.807) is 0 Å². The molecule has 2 rings (SSSR count). The normalized spacial score (nSPS) is 20.3. The van der Waals surface area contributed by atoms with Gasteiger partial charge in [0.25, 0.3) is 0 Å². The number of rotatable bonds is 2. The summed E-state index contributed by atoms with van der Waals surface area (Å²) in [6.07, 6.45) is 2.74. The third-order valence-corrected chi connectivity index (χ3v) is 3.17. The number of aliphatic carboxylic acids is 1. The number of carboxylic acids is 1. The van der Waals surface area contributed by atoms with Crippen molar-refractivity contribution in [2.24, 2.45) is 0 Å². The molecule has 0 saturated heterocycles. The van der Waals surface area contributed by atoms with Gasteiger partial charge in [0.2, 0.25) is 0 Å². The third kappa shape index (κ3) is 1.78. The largest absolute Gasteiger partial charge is 0.481 e. The molecule has 1 aliphatic carbocycles. The summed E-state index contributed by atoms with van der Waals surface area (Å²) < 4.78 is 0. The summed E-state index contributed by atoms with van der Waals surface area (Å²) in [6.45, 7) is 4.24. The number of hydrogen-bond donors (Lipinski definition) is 2. The molecule has 82 valence electrons. The molecule has 1 unspecified atom stereocenters. The summed E-state index contributed by atoms with van der Waals surface area (Å²) in [5.74, 6) is -0.548. The fourth-order valence-electron chi connectivity index (χ4n) is 2.26. The van der Waals surface area contributed by atoms with E-state index in [0.29, 0.717) is 5.92 Å². The fraction of sp³-hybridized carbons (Fsp3) is 0.583. The molecule has 3 nitrogen and oxygen atoms in total. The quantitative estimate of drug-likeness (QED) is 0.783. The highest BCUT2D eigenvalue weighted by atomic mass is 16.4. The van der Waals surface area contributed by atoms with Gasteiger partial charge >= 0.3 is 5.97 Å². The number of nitrogens with one attached hydrogen (secondary N) is 1. The topological polar surface area (TPSA) is 53.1 Å². The van der Waals surface area contributed by atoms with Crippen LogP contribution in [-0.2, 0) is 11.2 Å². The minimum atomic E-state index is -0.690. The van der Waals surface area contributed by atoms with Gasteiger partial charge in [0.1, 0.15) is 0 Å². The third-order valence-electron chi connectivity index (χ3n) is 3.17. The van der Waals surface area contributed by atoms with Crippen LogP contribution in [0.3, 0.4) is 0 Å². The number of aromatic amines is 1. The van der Waals surface area contributed by atoms with E-state index in [1.165, 1.54) is 0 Å². The van der Waals surface area contributed by atoms with Crippen LogP contribution in [0.2, 0.25) is 0 Å². The zero-order chi connectivity index (χ0) is 11.0.